The van der Waals surface area contributed by atoms with E-state index in [-0.39, 0.29) is 5.54 Å². The van der Waals surface area contributed by atoms with Gasteiger partial charge in [0.05, 0.1) is 4.75 Å². The maximum absolute atomic E-state index is 12.1. The molecule has 0 atom stereocenters. The van der Waals surface area contributed by atoms with Crippen molar-refractivity contribution in [1.29, 1.82) is 0 Å². The highest BCUT2D eigenvalue weighted by Crippen LogP contribution is 2.20. The molecule has 2 N–H and O–H groups in total. The zero-order valence-corrected chi connectivity index (χ0v) is 13.9. The lowest BCUT2D eigenvalue weighted by Crippen LogP contribution is -2.50. The first-order valence-electron chi connectivity index (χ1n) is 6.42. The Bertz CT molecular complexity index is 332. The first-order chi connectivity index (χ1) is 8.02. The van der Waals surface area contributed by atoms with Gasteiger partial charge in [-0.1, -0.05) is 25.7 Å². The molecular weight excluding hydrogens is 268 g/mol. The van der Waals surface area contributed by atoms with Gasteiger partial charge in [0.1, 0.15) is 0 Å². The van der Waals surface area contributed by atoms with Crippen LogP contribution in [0.1, 0.15) is 60.3 Å². The first-order valence-corrected chi connectivity index (χ1v) is 8.35. The van der Waals surface area contributed by atoms with Crippen molar-refractivity contribution < 1.29 is 8.42 Å². The predicted octanol–water partition coefficient (Wildman–Crippen LogP) is 2.48. The molecule has 0 bridgehead atoms. The van der Waals surface area contributed by atoms with Gasteiger partial charge in [-0.25, -0.2) is 13.1 Å². The first kappa shape index (κ1) is 18.2. The molecule has 0 aromatic rings. The van der Waals surface area contributed by atoms with Gasteiger partial charge in [0.15, 0.2) is 0 Å². The third-order valence-corrected chi connectivity index (χ3v) is 5.46. The Morgan fingerprint density at radius 1 is 1.00 bits per heavy atom. The van der Waals surface area contributed by atoms with E-state index in [4.69, 9.17) is 0 Å². The van der Waals surface area contributed by atoms with Crippen LogP contribution in [0.15, 0.2) is 0 Å². The number of hydrogen-bond acceptors (Lipinski definition) is 4. The maximum atomic E-state index is 12.1. The monoisotopic (exact) mass is 296 g/mol. The van der Waals surface area contributed by atoms with Crippen LogP contribution in [0, 0.1) is 0 Å². The SMILES string of the molecule is CC(C)(CCCCCNS)NS(=O)(=O)C(C)(C)C. The van der Waals surface area contributed by atoms with E-state index in [0.717, 1.165) is 32.2 Å². The van der Waals surface area contributed by atoms with Gasteiger partial charge in [-0.2, -0.15) is 0 Å². The second-order valence-electron chi connectivity index (χ2n) is 6.32. The highest BCUT2D eigenvalue weighted by Gasteiger charge is 2.33. The summed E-state index contributed by atoms with van der Waals surface area (Å²) in [6.45, 7) is 9.90. The molecule has 0 saturated heterocycles. The minimum atomic E-state index is -3.28. The second-order valence-corrected chi connectivity index (χ2v) is 9.07. The predicted molar refractivity (Wildman–Crippen MR) is 81.3 cm³/mol. The van der Waals surface area contributed by atoms with Gasteiger partial charge in [0.25, 0.3) is 0 Å². The normalized spacial score (nSPS) is 13.9. The fourth-order valence-corrected chi connectivity index (χ4v) is 2.81. The molecule has 0 aliphatic carbocycles. The van der Waals surface area contributed by atoms with Gasteiger partial charge in [-0.3, -0.25) is 4.72 Å². The van der Waals surface area contributed by atoms with Crippen LogP contribution in [0.25, 0.3) is 0 Å². The van der Waals surface area contributed by atoms with E-state index in [1.54, 1.807) is 20.8 Å². The van der Waals surface area contributed by atoms with Gasteiger partial charge < -0.3 is 0 Å². The molecule has 0 aliphatic rings. The average molecular weight is 297 g/mol. The fraction of sp³-hybridized carbons (Fsp3) is 1.00. The summed E-state index contributed by atoms with van der Waals surface area (Å²) in [5.41, 5.74) is -0.388. The molecule has 0 saturated carbocycles. The number of nitrogens with one attached hydrogen (secondary N) is 2. The van der Waals surface area contributed by atoms with E-state index >= 15 is 0 Å². The summed E-state index contributed by atoms with van der Waals surface area (Å²) in [6.07, 6.45) is 3.99. The van der Waals surface area contributed by atoms with Crippen molar-refractivity contribution in [2.75, 3.05) is 6.54 Å². The smallest absolute Gasteiger partial charge is 0.217 e. The summed E-state index contributed by atoms with van der Waals surface area (Å²) in [4.78, 5) is 0. The number of unbranched alkanes of at least 4 members (excludes halogenated alkanes) is 2. The second kappa shape index (κ2) is 7.12. The van der Waals surface area contributed by atoms with Crippen molar-refractivity contribution in [2.45, 2.75) is 70.6 Å². The van der Waals surface area contributed by atoms with E-state index in [0.29, 0.717) is 0 Å². The van der Waals surface area contributed by atoms with E-state index in [9.17, 15) is 8.42 Å². The summed E-state index contributed by atoms with van der Waals surface area (Å²) in [5.74, 6) is 0. The summed E-state index contributed by atoms with van der Waals surface area (Å²) in [7, 11) is -3.28. The van der Waals surface area contributed by atoms with Crippen LogP contribution in [0.5, 0.6) is 0 Å². The zero-order chi connectivity index (χ0) is 14.4. The topological polar surface area (TPSA) is 58.2 Å². The minimum absolute atomic E-state index is 0.388. The molecule has 0 aliphatic heterocycles. The molecule has 6 heteroatoms. The van der Waals surface area contributed by atoms with Gasteiger partial charge in [0, 0.05) is 12.1 Å². The number of sulfonamides is 1. The molecule has 0 spiro atoms. The third-order valence-electron chi connectivity index (χ3n) is 2.81. The molecule has 0 aromatic carbocycles. The van der Waals surface area contributed by atoms with E-state index < -0.39 is 14.8 Å². The largest absolute Gasteiger partial charge is 0.267 e. The highest BCUT2D eigenvalue weighted by molar-refractivity contribution is 7.90. The summed E-state index contributed by atoms with van der Waals surface area (Å²) in [5, 5.41) is 0. The molecule has 0 heterocycles. The van der Waals surface area contributed by atoms with Crippen molar-refractivity contribution in [1.82, 2.24) is 9.44 Å². The van der Waals surface area contributed by atoms with Crippen molar-refractivity contribution in [2.24, 2.45) is 0 Å². The van der Waals surface area contributed by atoms with Crippen LogP contribution >= 0.6 is 12.8 Å². The van der Waals surface area contributed by atoms with Crippen molar-refractivity contribution in [3.63, 3.8) is 0 Å². The van der Waals surface area contributed by atoms with E-state index in [1.807, 2.05) is 13.8 Å². The molecule has 18 heavy (non-hydrogen) atoms. The number of rotatable bonds is 8. The summed E-state index contributed by atoms with van der Waals surface area (Å²) in [6, 6.07) is 0. The quantitative estimate of drug-likeness (QED) is 0.476. The van der Waals surface area contributed by atoms with Crippen LogP contribution in [0.4, 0.5) is 0 Å². The Balaban J connectivity index is 4.23. The van der Waals surface area contributed by atoms with Crippen LogP contribution < -0.4 is 9.44 Å². The van der Waals surface area contributed by atoms with Gasteiger partial charge in [-0.15, -0.1) is 0 Å². The van der Waals surface area contributed by atoms with Gasteiger partial charge >= 0.3 is 0 Å². The molecule has 110 valence electrons. The summed E-state index contributed by atoms with van der Waals surface area (Å²) >= 11 is 3.93. The molecule has 0 amide bonds. The number of thiol groups is 1. The molecule has 0 aromatic heterocycles. The third kappa shape index (κ3) is 6.97. The fourth-order valence-electron chi connectivity index (χ4n) is 1.52. The molecule has 0 rings (SSSR count). The molecular formula is C12H28N2O2S2. The number of hydrogen-bond donors (Lipinski definition) is 3. The lowest BCUT2D eigenvalue weighted by molar-refractivity contribution is 0.395. The van der Waals surface area contributed by atoms with Crippen LogP contribution in [-0.4, -0.2) is 25.2 Å². The van der Waals surface area contributed by atoms with Crippen LogP contribution in [0.2, 0.25) is 0 Å². The van der Waals surface area contributed by atoms with Gasteiger partial charge in [-0.05, 0) is 47.5 Å². The molecule has 0 unspecified atom stereocenters. The Morgan fingerprint density at radius 2 is 1.56 bits per heavy atom. The Kier molecular flexibility index (Phi) is 7.21. The maximum Gasteiger partial charge on any atom is 0.217 e. The molecule has 0 fully saturated rings. The standard InChI is InChI=1S/C12H28N2O2S2/c1-11(2,3)18(15,16)14-12(4,5)9-7-6-8-10-13-17/h13-14,17H,6-10H2,1-5H3. The van der Waals surface area contributed by atoms with Crippen LogP contribution in [-0.2, 0) is 10.0 Å². The van der Waals surface area contributed by atoms with Crippen molar-refractivity contribution in [3.8, 4) is 0 Å². The molecule has 0 radical (unpaired) electrons. The highest BCUT2D eigenvalue weighted by atomic mass is 32.2. The Morgan fingerprint density at radius 3 is 2.00 bits per heavy atom. The minimum Gasteiger partial charge on any atom is -0.267 e. The lowest BCUT2D eigenvalue weighted by atomic mass is 9.98. The molecule has 4 nitrogen and oxygen atoms in total. The lowest BCUT2D eigenvalue weighted by Gasteiger charge is -2.30. The summed E-state index contributed by atoms with van der Waals surface area (Å²) < 4.78 is 29.0. The zero-order valence-electron chi connectivity index (χ0n) is 12.2. The van der Waals surface area contributed by atoms with E-state index in [1.165, 1.54) is 0 Å². The van der Waals surface area contributed by atoms with Crippen molar-refractivity contribution in [3.05, 3.63) is 0 Å². The van der Waals surface area contributed by atoms with Crippen LogP contribution in [0.3, 0.4) is 0 Å². The Labute approximate surface area is 118 Å². The Hall–Kier alpha value is 0.220. The van der Waals surface area contributed by atoms with Crippen molar-refractivity contribution >= 4 is 22.8 Å². The average Bonchev–Trinajstić information content (AvgIpc) is 2.13. The van der Waals surface area contributed by atoms with E-state index in [2.05, 4.69) is 22.3 Å². The van der Waals surface area contributed by atoms with Gasteiger partial charge in [0.2, 0.25) is 10.0 Å².